The Labute approximate surface area is 123 Å². The highest BCUT2D eigenvalue weighted by Crippen LogP contribution is 2.18. The van der Waals surface area contributed by atoms with Crippen LogP contribution in [0.25, 0.3) is 0 Å². The summed E-state index contributed by atoms with van der Waals surface area (Å²) in [6, 6.07) is 4.17. The van der Waals surface area contributed by atoms with Crippen LogP contribution >= 0.6 is 0 Å². The molecule has 0 aliphatic rings. The second kappa shape index (κ2) is 6.55. The van der Waals surface area contributed by atoms with Crippen LogP contribution in [-0.4, -0.2) is 44.8 Å². The second-order valence-corrected chi connectivity index (χ2v) is 6.69. The molecule has 1 atom stereocenters. The third kappa shape index (κ3) is 4.43. The van der Waals surface area contributed by atoms with E-state index in [2.05, 4.69) is 10.6 Å². The van der Waals surface area contributed by atoms with E-state index in [1.54, 1.807) is 6.07 Å². The maximum Gasteiger partial charge on any atom is 0.312 e. The van der Waals surface area contributed by atoms with Crippen LogP contribution in [0.15, 0.2) is 29.2 Å². The molecule has 0 aliphatic heterocycles. The zero-order chi connectivity index (χ0) is 16.2. The number of amides is 3. The maximum atomic E-state index is 12.0. The summed E-state index contributed by atoms with van der Waals surface area (Å²) in [6.07, 6.45) is 0. The molecule has 0 aromatic heterocycles. The van der Waals surface area contributed by atoms with E-state index in [-0.39, 0.29) is 4.90 Å². The van der Waals surface area contributed by atoms with Crippen LogP contribution in [0.3, 0.4) is 0 Å². The van der Waals surface area contributed by atoms with Gasteiger partial charge in [0.05, 0.1) is 4.90 Å². The Morgan fingerprint density at radius 3 is 2.43 bits per heavy atom. The first-order valence-corrected chi connectivity index (χ1v) is 7.48. The summed E-state index contributed by atoms with van der Waals surface area (Å²) in [6.45, 7) is 1.46. The minimum Gasteiger partial charge on any atom is -0.352 e. The Balaban J connectivity index is 2.92. The molecule has 0 radical (unpaired) electrons. The number of carbonyl (C=O) groups is 2. The predicted molar refractivity (Wildman–Crippen MR) is 78.1 cm³/mol. The highest BCUT2D eigenvalue weighted by molar-refractivity contribution is 7.89. The smallest absolute Gasteiger partial charge is 0.312 e. The first-order valence-electron chi connectivity index (χ1n) is 6.04. The lowest BCUT2D eigenvalue weighted by molar-refractivity contribution is -0.117. The van der Waals surface area contributed by atoms with Gasteiger partial charge in [-0.15, -0.1) is 0 Å². The molecule has 0 fully saturated rings. The van der Waals surface area contributed by atoms with Gasteiger partial charge in [0.25, 0.3) is 0 Å². The van der Waals surface area contributed by atoms with Gasteiger partial charge in [-0.2, -0.15) is 0 Å². The van der Waals surface area contributed by atoms with Gasteiger partial charge in [-0.25, -0.2) is 17.5 Å². The van der Waals surface area contributed by atoms with E-state index in [9.17, 15) is 18.0 Å². The van der Waals surface area contributed by atoms with Crippen LogP contribution in [0.5, 0.6) is 0 Å². The zero-order valence-electron chi connectivity index (χ0n) is 12.0. The van der Waals surface area contributed by atoms with Crippen molar-refractivity contribution in [1.82, 2.24) is 9.62 Å². The number of rotatable bonds is 5. The molecule has 4 N–H and O–H groups in total. The predicted octanol–water partition coefficient (Wildman–Crippen LogP) is -0.0678. The average Bonchev–Trinajstić information content (AvgIpc) is 2.37. The van der Waals surface area contributed by atoms with Crippen LogP contribution in [-0.2, 0) is 14.8 Å². The van der Waals surface area contributed by atoms with Crippen molar-refractivity contribution in [3.05, 3.63) is 24.3 Å². The highest BCUT2D eigenvalue weighted by Gasteiger charge is 2.19. The van der Waals surface area contributed by atoms with Crippen LogP contribution in [0, 0.1) is 0 Å². The number of nitrogens with two attached hydrogens (primary N) is 1. The summed E-state index contributed by atoms with van der Waals surface area (Å²) < 4.78 is 25.1. The number of nitrogens with one attached hydrogen (secondary N) is 2. The zero-order valence-corrected chi connectivity index (χ0v) is 12.8. The SMILES string of the molecule is CC(NC(N)=O)C(=O)Nc1cccc(S(=O)(=O)N(C)C)c1. The molecule has 116 valence electrons. The molecule has 1 rings (SSSR count). The fourth-order valence-electron chi connectivity index (χ4n) is 1.47. The third-order valence-electron chi connectivity index (χ3n) is 2.63. The summed E-state index contributed by atoms with van der Waals surface area (Å²) in [4.78, 5) is 22.5. The molecule has 0 spiro atoms. The number of anilines is 1. The van der Waals surface area contributed by atoms with E-state index in [0.717, 1.165) is 4.31 Å². The fourth-order valence-corrected chi connectivity index (χ4v) is 2.42. The summed E-state index contributed by atoms with van der Waals surface area (Å²) in [5.74, 6) is -0.506. The van der Waals surface area contributed by atoms with Gasteiger partial charge in [-0.05, 0) is 25.1 Å². The Morgan fingerprint density at radius 2 is 1.90 bits per heavy atom. The maximum absolute atomic E-state index is 12.0. The molecular weight excluding hydrogens is 296 g/mol. The number of hydrogen-bond acceptors (Lipinski definition) is 4. The number of urea groups is 1. The molecule has 0 heterocycles. The Kier molecular flexibility index (Phi) is 5.28. The number of benzene rings is 1. The average molecular weight is 314 g/mol. The standard InChI is InChI=1S/C12H18N4O4S/c1-8(14-12(13)18)11(17)15-9-5-4-6-10(7-9)21(19,20)16(2)3/h4-8H,1-3H3,(H,15,17)(H3,13,14,18). The highest BCUT2D eigenvalue weighted by atomic mass is 32.2. The molecule has 1 aromatic rings. The number of carbonyl (C=O) groups excluding carboxylic acids is 2. The monoisotopic (exact) mass is 314 g/mol. The molecule has 21 heavy (non-hydrogen) atoms. The summed E-state index contributed by atoms with van der Waals surface area (Å²) in [7, 11) is -0.750. The summed E-state index contributed by atoms with van der Waals surface area (Å²) >= 11 is 0. The topological polar surface area (TPSA) is 122 Å². The Bertz CT molecular complexity index is 642. The summed E-state index contributed by atoms with van der Waals surface area (Å²) in [5.41, 5.74) is 5.23. The van der Waals surface area contributed by atoms with Crippen LogP contribution in [0.4, 0.5) is 10.5 Å². The van der Waals surface area contributed by atoms with Crippen molar-refractivity contribution in [3.8, 4) is 0 Å². The van der Waals surface area contributed by atoms with Gasteiger partial charge in [0, 0.05) is 19.8 Å². The second-order valence-electron chi connectivity index (χ2n) is 4.53. The third-order valence-corrected chi connectivity index (χ3v) is 4.44. The van der Waals surface area contributed by atoms with Crippen molar-refractivity contribution >= 4 is 27.6 Å². The fraction of sp³-hybridized carbons (Fsp3) is 0.333. The normalized spacial score (nSPS) is 12.8. The number of hydrogen-bond donors (Lipinski definition) is 3. The molecule has 3 amide bonds. The Morgan fingerprint density at radius 1 is 1.29 bits per heavy atom. The van der Waals surface area contributed by atoms with Crippen LogP contribution in [0.2, 0.25) is 0 Å². The lowest BCUT2D eigenvalue weighted by Gasteiger charge is -2.14. The van der Waals surface area contributed by atoms with Gasteiger partial charge in [-0.3, -0.25) is 4.79 Å². The van der Waals surface area contributed by atoms with Crippen LogP contribution in [0.1, 0.15) is 6.92 Å². The molecule has 9 heteroatoms. The van der Waals surface area contributed by atoms with Gasteiger partial charge >= 0.3 is 6.03 Å². The molecule has 0 saturated heterocycles. The first-order chi connectivity index (χ1) is 9.64. The first kappa shape index (κ1) is 16.9. The Hall–Kier alpha value is -2.13. The van der Waals surface area contributed by atoms with E-state index in [1.165, 1.54) is 39.2 Å². The van der Waals surface area contributed by atoms with E-state index in [1.807, 2.05) is 0 Å². The van der Waals surface area contributed by atoms with Crippen LogP contribution < -0.4 is 16.4 Å². The molecule has 1 unspecified atom stereocenters. The van der Waals surface area contributed by atoms with Gasteiger partial charge in [0.2, 0.25) is 15.9 Å². The molecule has 8 nitrogen and oxygen atoms in total. The van der Waals surface area contributed by atoms with E-state index in [4.69, 9.17) is 5.73 Å². The number of sulfonamides is 1. The van der Waals surface area contributed by atoms with Crippen molar-refractivity contribution in [3.63, 3.8) is 0 Å². The van der Waals surface area contributed by atoms with Gasteiger partial charge in [0.15, 0.2) is 0 Å². The largest absolute Gasteiger partial charge is 0.352 e. The quantitative estimate of drug-likeness (QED) is 0.704. The van der Waals surface area contributed by atoms with E-state index < -0.39 is 28.0 Å². The number of primary amides is 1. The number of nitrogens with zero attached hydrogens (tertiary/aromatic N) is 1. The molecule has 1 aromatic carbocycles. The van der Waals surface area contributed by atoms with E-state index in [0.29, 0.717) is 5.69 Å². The van der Waals surface area contributed by atoms with Crippen molar-refractivity contribution in [1.29, 1.82) is 0 Å². The minimum absolute atomic E-state index is 0.0563. The van der Waals surface area contributed by atoms with E-state index >= 15 is 0 Å². The molecule has 0 bridgehead atoms. The molecular formula is C12H18N4O4S. The van der Waals surface area contributed by atoms with Crippen molar-refractivity contribution in [2.75, 3.05) is 19.4 Å². The molecule has 0 aliphatic carbocycles. The minimum atomic E-state index is -3.58. The lowest BCUT2D eigenvalue weighted by Crippen LogP contribution is -2.44. The van der Waals surface area contributed by atoms with Crippen molar-refractivity contribution < 1.29 is 18.0 Å². The van der Waals surface area contributed by atoms with Crippen molar-refractivity contribution in [2.45, 2.75) is 17.9 Å². The molecule has 0 saturated carbocycles. The van der Waals surface area contributed by atoms with Gasteiger partial charge in [0.1, 0.15) is 6.04 Å². The summed E-state index contributed by atoms with van der Waals surface area (Å²) in [5, 5.41) is 4.73. The van der Waals surface area contributed by atoms with Gasteiger partial charge in [-0.1, -0.05) is 6.07 Å². The van der Waals surface area contributed by atoms with Gasteiger partial charge < -0.3 is 16.4 Å². The van der Waals surface area contributed by atoms with Crippen molar-refractivity contribution in [2.24, 2.45) is 5.73 Å². The lowest BCUT2D eigenvalue weighted by atomic mass is 10.2.